The van der Waals surface area contributed by atoms with Gasteiger partial charge in [0, 0.05) is 38.3 Å². The summed E-state index contributed by atoms with van der Waals surface area (Å²) in [6.07, 6.45) is 3.67. The van der Waals surface area contributed by atoms with Gasteiger partial charge in [-0.2, -0.15) is 0 Å². The Morgan fingerprint density at radius 2 is 2.00 bits per heavy atom. The molecule has 17 heavy (non-hydrogen) atoms. The van der Waals surface area contributed by atoms with Crippen molar-refractivity contribution in [1.29, 1.82) is 0 Å². The molecule has 1 amide bonds. The first-order valence-electron chi connectivity index (χ1n) is 6.96. The van der Waals surface area contributed by atoms with E-state index in [0.717, 1.165) is 26.2 Å². The van der Waals surface area contributed by atoms with E-state index in [1.807, 2.05) is 4.90 Å². The van der Waals surface area contributed by atoms with Crippen molar-refractivity contribution in [3.05, 3.63) is 0 Å². The van der Waals surface area contributed by atoms with E-state index in [9.17, 15) is 4.79 Å². The molecule has 2 aliphatic heterocycles. The Kier molecular flexibility index (Phi) is 4.40. The Hall–Kier alpha value is -0.610. The Bertz CT molecular complexity index is 263. The molecule has 2 aliphatic rings. The van der Waals surface area contributed by atoms with Crippen LogP contribution >= 0.6 is 0 Å². The van der Waals surface area contributed by atoms with Gasteiger partial charge in [-0.3, -0.25) is 9.69 Å². The lowest BCUT2D eigenvalue weighted by atomic mass is 10.1. The lowest BCUT2D eigenvalue weighted by molar-refractivity contribution is -0.133. The Morgan fingerprint density at radius 3 is 2.65 bits per heavy atom. The number of rotatable bonds is 3. The van der Waals surface area contributed by atoms with E-state index in [4.69, 9.17) is 0 Å². The maximum atomic E-state index is 12.2. The molecule has 2 unspecified atom stereocenters. The molecule has 2 heterocycles. The van der Waals surface area contributed by atoms with Crippen LogP contribution in [-0.4, -0.2) is 60.5 Å². The summed E-state index contributed by atoms with van der Waals surface area (Å²) in [7, 11) is 0. The van der Waals surface area contributed by atoms with Gasteiger partial charge in [0.25, 0.3) is 0 Å². The SMILES string of the molecule is CCC1CCC(C)N1CC(=O)N1CCNCC1. The molecule has 0 radical (unpaired) electrons. The summed E-state index contributed by atoms with van der Waals surface area (Å²) >= 11 is 0. The molecule has 0 saturated carbocycles. The van der Waals surface area contributed by atoms with Crippen LogP contribution in [0.3, 0.4) is 0 Å². The topological polar surface area (TPSA) is 35.6 Å². The number of carbonyl (C=O) groups excluding carboxylic acids is 1. The predicted octanol–water partition coefficient (Wildman–Crippen LogP) is 0.681. The van der Waals surface area contributed by atoms with Crippen molar-refractivity contribution < 1.29 is 4.79 Å². The molecule has 2 rings (SSSR count). The summed E-state index contributed by atoms with van der Waals surface area (Å²) in [6.45, 7) is 8.73. The van der Waals surface area contributed by atoms with Crippen LogP contribution in [0.4, 0.5) is 0 Å². The van der Waals surface area contributed by atoms with Crippen LogP contribution in [0.15, 0.2) is 0 Å². The normalized spacial score (nSPS) is 30.8. The quantitative estimate of drug-likeness (QED) is 0.787. The fourth-order valence-corrected chi connectivity index (χ4v) is 3.02. The minimum Gasteiger partial charge on any atom is -0.339 e. The fourth-order valence-electron chi connectivity index (χ4n) is 3.02. The Labute approximate surface area is 104 Å². The minimum atomic E-state index is 0.318. The van der Waals surface area contributed by atoms with E-state index in [1.54, 1.807) is 0 Å². The van der Waals surface area contributed by atoms with Crippen LogP contribution < -0.4 is 5.32 Å². The van der Waals surface area contributed by atoms with Gasteiger partial charge in [0.2, 0.25) is 5.91 Å². The van der Waals surface area contributed by atoms with Crippen LogP contribution in [-0.2, 0) is 4.79 Å². The minimum absolute atomic E-state index is 0.318. The third-order valence-electron chi connectivity index (χ3n) is 4.21. The highest BCUT2D eigenvalue weighted by molar-refractivity contribution is 5.78. The molecule has 4 heteroatoms. The van der Waals surface area contributed by atoms with Gasteiger partial charge in [0.15, 0.2) is 0 Å². The molecule has 4 nitrogen and oxygen atoms in total. The lowest BCUT2D eigenvalue weighted by Crippen LogP contribution is -2.51. The van der Waals surface area contributed by atoms with E-state index in [2.05, 4.69) is 24.1 Å². The number of piperazine rings is 1. The highest BCUT2D eigenvalue weighted by Gasteiger charge is 2.31. The van der Waals surface area contributed by atoms with Crippen molar-refractivity contribution >= 4 is 5.91 Å². The van der Waals surface area contributed by atoms with Crippen molar-refractivity contribution in [2.24, 2.45) is 0 Å². The van der Waals surface area contributed by atoms with Crippen LogP contribution in [0.2, 0.25) is 0 Å². The second kappa shape index (κ2) is 5.83. The maximum absolute atomic E-state index is 12.2. The van der Waals surface area contributed by atoms with Gasteiger partial charge in [-0.05, 0) is 26.2 Å². The second-order valence-corrected chi connectivity index (χ2v) is 5.29. The number of nitrogens with zero attached hydrogens (tertiary/aromatic N) is 2. The average Bonchev–Trinajstić information content (AvgIpc) is 2.71. The first kappa shape index (κ1) is 12.8. The molecule has 98 valence electrons. The van der Waals surface area contributed by atoms with Crippen LogP contribution in [0.5, 0.6) is 0 Å². The van der Waals surface area contributed by atoms with Crippen molar-refractivity contribution in [3.8, 4) is 0 Å². The number of hydrogen-bond donors (Lipinski definition) is 1. The molecule has 2 atom stereocenters. The predicted molar refractivity (Wildman–Crippen MR) is 68.9 cm³/mol. The first-order chi connectivity index (χ1) is 8.22. The number of likely N-dealkylation sites (tertiary alicyclic amines) is 1. The largest absolute Gasteiger partial charge is 0.339 e. The zero-order valence-corrected chi connectivity index (χ0v) is 11.1. The zero-order valence-electron chi connectivity index (χ0n) is 11.1. The molecule has 2 fully saturated rings. The van der Waals surface area contributed by atoms with Crippen molar-refractivity contribution in [3.63, 3.8) is 0 Å². The average molecular weight is 239 g/mol. The molecule has 0 aliphatic carbocycles. The standard InChI is InChI=1S/C13H25N3O/c1-3-12-5-4-11(2)16(12)10-13(17)15-8-6-14-7-9-15/h11-12,14H,3-10H2,1-2H3. The Balaban J connectivity index is 1.88. The highest BCUT2D eigenvalue weighted by atomic mass is 16.2. The summed E-state index contributed by atoms with van der Waals surface area (Å²) in [5, 5.41) is 3.28. The summed E-state index contributed by atoms with van der Waals surface area (Å²) in [6, 6.07) is 1.20. The smallest absolute Gasteiger partial charge is 0.236 e. The molecule has 0 aromatic carbocycles. The maximum Gasteiger partial charge on any atom is 0.236 e. The third-order valence-corrected chi connectivity index (χ3v) is 4.21. The van der Waals surface area contributed by atoms with E-state index in [0.29, 0.717) is 24.5 Å². The second-order valence-electron chi connectivity index (χ2n) is 5.29. The number of carbonyl (C=O) groups is 1. The first-order valence-corrected chi connectivity index (χ1v) is 6.96. The van der Waals surface area contributed by atoms with Gasteiger partial charge >= 0.3 is 0 Å². The van der Waals surface area contributed by atoms with Crippen LogP contribution in [0.1, 0.15) is 33.1 Å². The van der Waals surface area contributed by atoms with Crippen LogP contribution in [0.25, 0.3) is 0 Å². The van der Waals surface area contributed by atoms with Gasteiger partial charge in [-0.25, -0.2) is 0 Å². The van der Waals surface area contributed by atoms with Crippen molar-refractivity contribution in [2.45, 2.75) is 45.2 Å². The molecule has 1 N–H and O–H groups in total. The summed E-state index contributed by atoms with van der Waals surface area (Å²) in [5.74, 6) is 0.318. The monoisotopic (exact) mass is 239 g/mol. The summed E-state index contributed by atoms with van der Waals surface area (Å²) < 4.78 is 0. The zero-order chi connectivity index (χ0) is 12.3. The molecule has 0 aromatic rings. The number of hydrogen-bond acceptors (Lipinski definition) is 3. The van der Waals surface area contributed by atoms with Gasteiger partial charge in [-0.1, -0.05) is 6.92 Å². The van der Waals surface area contributed by atoms with Gasteiger partial charge in [0.05, 0.1) is 6.54 Å². The van der Waals surface area contributed by atoms with E-state index >= 15 is 0 Å². The molecule has 0 aromatic heterocycles. The van der Waals surface area contributed by atoms with Crippen molar-refractivity contribution in [1.82, 2.24) is 15.1 Å². The fraction of sp³-hybridized carbons (Fsp3) is 0.923. The van der Waals surface area contributed by atoms with Gasteiger partial charge in [0.1, 0.15) is 0 Å². The molecular formula is C13H25N3O. The van der Waals surface area contributed by atoms with Crippen molar-refractivity contribution in [2.75, 3.05) is 32.7 Å². The van der Waals surface area contributed by atoms with E-state index < -0.39 is 0 Å². The molecular weight excluding hydrogens is 214 g/mol. The molecule has 0 spiro atoms. The number of amides is 1. The Morgan fingerprint density at radius 1 is 1.29 bits per heavy atom. The third kappa shape index (κ3) is 2.99. The molecule has 2 saturated heterocycles. The van der Waals surface area contributed by atoms with E-state index in [-0.39, 0.29) is 0 Å². The van der Waals surface area contributed by atoms with Crippen LogP contribution in [0, 0.1) is 0 Å². The molecule has 0 bridgehead atoms. The summed E-state index contributed by atoms with van der Waals surface area (Å²) in [4.78, 5) is 16.6. The van der Waals surface area contributed by atoms with Gasteiger partial charge in [-0.15, -0.1) is 0 Å². The van der Waals surface area contributed by atoms with E-state index in [1.165, 1.54) is 19.3 Å². The number of nitrogens with one attached hydrogen (secondary N) is 1. The lowest BCUT2D eigenvalue weighted by Gasteiger charge is -2.32. The summed E-state index contributed by atoms with van der Waals surface area (Å²) in [5.41, 5.74) is 0. The highest BCUT2D eigenvalue weighted by Crippen LogP contribution is 2.25. The van der Waals surface area contributed by atoms with Gasteiger partial charge < -0.3 is 10.2 Å².